The zero-order chi connectivity index (χ0) is 23.4. The third-order valence-electron chi connectivity index (χ3n) is 5.57. The van der Waals surface area contributed by atoms with Crippen LogP contribution in [-0.2, 0) is 11.3 Å². The van der Waals surface area contributed by atoms with E-state index < -0.39 is 17.8 Å². The minimum atomic E-state index is -0.717. The number of hydrogen-bond acceptors (Lipinski definition) is 7. The largest absolute Gasteiger partial charge is 0.388 e. The number of primary amides is 1. The fourth-order valence-corrected chi connectivity index (χ4v) is 4.81. The molecule has 1 aliphatic heterocycles. The van der Waals surface area contributed by atoms with Gasteiger partial charge in [0, 0.05) is 30.1 Å². The van der Waals surface area contributed by atoms with Gasteiger partial charge in [0.2, 0.25) is 0 Å². The van der Waals surface area contributed by atoms with Crippen molar-refractivity contribution in [2.75, 3.05) is 31.6 Å². The average Bonchev–Trinajstić information content (AvgIpc) is 3.23. The second kappa shape index (κ2) is 10.4. The summed E-state index contributed by atoms with van der Waals surface area (Å²) in [5.41, 5.74) is 7.63. The number of nitrogens with one attached hydrogen (secondary N) is 1. The van der Waals surface area contributed by atoms with Gasteiger partial charge in [-0.2, -0.15) is 0 Å². The van der Waals surface area contributed by atoms with Crippen molar-refractivity contribution >= 4 is 28.1 Å². The number of benzene rings is 1. The first-order valence-corrected chi connectivity index (χ1v) is 11.7. The molecule has 174 valence electrons. The number of carbonyl (C=O) groups excluding carboxylic acids is 1. The highest BCUT2D eigenvalue weighted by atomic mass is 32.1. The van der Waals surface area contributed by atoms with Gasteiger partial charge >= 0.3 is 0 Å². The molecule has 0 bridgehead atoms. The number of morpholine rings is 1. The lowest BCUT2D eigenvalue weighted by Gasteiger charge is -2.26. The Kier molecular flexibility index (Phi) is 7.34. The number of ether oxygens (including phenoxy) is 1. The van der Waals surface area contributed by atoms with Crippen LogP contribution in [0.4, 0.5) is 15.2 Å². The maximum atomic E-state index is 14.8. The molecule has 2 aromatic heterocycles. The van der Waals surface area contributed by atoms with Crippen molar-refractivity contribution in [2.24, 2.45) is 5.73 Å². The quantitative estimate of drug-likeness (QED) is 0.459. The second-order valence-electron chi connectivity index (χ2n) is 7.91. The zero-order valence-corrected chi connectivity index (χ0v) is 19.2. The number of nitrogens with two attached hydrogens (primary N) is 1. The summed E-state index contributed by atoms with van der Waals surface area (Å²) in [6.45, 7) is 5.69. The van der Waals surface area contributed by atoms with E-state index in [1.54, 1.807) is 18.2 Å². The summed E-state index contributed by atoms with van der Waals surface area (Å²) < 4.78 is 20.2. The van der Waals surface area contributed by atoms with Crippen LogP contribution in [0.15, 0.2) is 42.5 Å². The SMILES string of the molecule is CCC(O)c1ccc(-c2cc(C(N)=O)c(Nc3cccc(CN4CCOCC4)n3)s2)c(F)c1. The van der Waals surface area contributed by atoms with Crippen LogP contribution in [0.1, 0.15) is 41.1 Å². The number of carbonyl (C=O) groups is 1. The summed E-state index contributed by atoms with van der Waals surface area (Å²) in [7, 11) is 0. The Morgan fingerprint density at radius 2 is 2.09 bits per heavy atom. The molecule has 0 radical (unpaired) electrons. The van der Waals surface area contributed by atoms with Crippen molar-refractivity contribution in [1.29, 1.82) is 0 Å². The van der Waals surface area contributed by atoms with E-state index in [9.17, 15) is 14.3 Å². The number of thiophene rings is 1. The lowest BCUT2D eigenvalue weighted by Crippen LogP contribution is -2.35. The first kappa shape index (κ1) is 23.3. The van der Waals surface area contributed by atoms with E-state index in [1.807, 2.05) is 25.1 Å². The van der Waals surface area contributed by atoms with Crippen LogP contribution in [0.2, 0.25) is 0 Å². The Morgan fingerprint density at radius 3 is 2.79 bits per heavy atom. The third-order valence-corrected chi connectivity index (χ3v) is 6.65. The summed E-state index contributed by atoms with van der Waals surface area (Å²) in [5, 5.41) is 13.7. The number of amides is 1. The minimum absolute atomic E-state index is 0.271. The molecular formula is C24H27FN4O3S. The van der Waals surface area contributed by atoms with Gasteiger partial charge in [-0.3, -0.25) is 9.69 Å². The predicted octanol–water partition coefficient (Wildman–Crippen LogP) is 4.07. The first-order chi connectivity index (χ1) is 15.9. The molecule has 3 heterocycles. The molecule has 1 fully saturated rings. The number of rotatable bonds is 8. The van der Waals surface area contributed by atoms with Gasteiger partial charge in [-0.25, -0.2) is 9.37 Å². The third kappa shape index (κ3) is 5.56. The lowest BCUT2D eigenvalue weighted by atomic mass is 10.0. The number of anilines is 2. The van der Waals surface area contributed by atoms with Gasteiger partial charge < -0.3 is 20.9 Å². The molecule has 0 aliphatic carbocycles. The summed E-state index contributed by atoms with van der Waals surface area (Å²) in [6, 6.07) is 11.9. The second-order valence-corrected chi connectivity index (χ2v) is 8.96. The molecule has 3 aromatic rings. The van der Waals surface area contributed by atoms with Gasteiger partial charge in [0.1, 0.15) is 16.6 Å². The maximum absolute atomic E-state index is 14.8. The molecule has 1 saturated heterocycles. The van der Waals surface area contributed by atoms with E-state index in [1.165, 1.54) is 17.4 Å². The number of pyridine rings is 1. The average molecular weight is 471 g/mol. The van der Waals surface area contributed by atoms with Gasteiger partial charge in [-0.1, -0.05) is 25.1 Å². The first-order valence-electron chi connectivity index (χ1n) is 10.9. The summed E-state index contributed by atoms with van der Waals surface area (Å²) in [6.07, 6.45) is -0.221. The van der Waals surface area contributed by atoms with E-state index in [0.717, 1.165) is 18.8 Å². The Hall–Kier alpha value is -2.85. The van der Waals surface area contributed by atoms with Crippen LogP contribution < -0.4 is 11.1 Å². The zero-order valence-electron chi connectivity index (χ0n) is 18.4. The van der Waals surface area contributed by atoms with Crippen molar-refractivity contribution in [3.8, 4) is 10.4 Å². The predicted molar refractivity (Wildman–Crippen MR) is 127 cm³/mol. The Balaban J connectivity index is 1.58. The molecular weight excluding hydrogens is 443 g/mol. The number of nitrogens with zero attached hydrogens (tertiary/aromatic N) is 2. The molecule has 4 N–H and O–H groups in total. The van der Waals surface area contributed by atoms with Crippen molar-refractivity contribution in [2.45, 2.75) is 26.0 Å². The van der Waals surface area contributed by atoms with Gasteiger partial charge in [0.05, 0.1) is 30.6 Å². The molecule has 0 spiro atoms. The molecule has 0 saturated carbocycles. The number of aliphatic hydroxyl groups is 1. The lowest BCUT2D eigenvalue weighted by molar-refractivity contribution is 0.0337. The number of hydrogen-bond donors (Lipinski definition) is 3. The maximum Gasteiger partial charge on any atom is 0.251 e. The molecule has 9 heteroatoms. The van der Waals surface area contributed by atoms with Gasteiger partial charge in [0.15, 0.2) is 0 Å². The Morgan fingerprint density at radius 1 is 1.30 bits per heavy atom. The summed E-state index contributed by atoms with van der Waals surface area (Å²) >= 11 is 1.23. The highest BCUT2D eigenvalue weighted by molar-refractivity contribution is 7.19. The van der Waals surface area contributed by atoms with Crippen LogP contribution in [0.3, 0.4) is 0 Å². The van der Waals surface area contributed by atoms with Crippen LogP contribution in [0.5, 0.6) is 0 Å². The van der Waals surface area contributed by atoms with E-state index in [0.29, 0.717) is 53.0 Å². The smallest absolute Gasteiger partial charge is 0.251 e. The normalized spacial score (nSPS) is 15.4. The van der Waals surface area contributed by atoms with E-state index >= 15 is 0 Å². The van der Waals surface area contributed by atoms with Gasteiger partial charge in [-0.05, 0) is 36.2 Å². The van der Waals surface area contributed by atoms with Crippen molar-refractivity contribution < 1.29 is 19.0 Å². The number of aliphatic hydroxyl groups excluding tert-OH is 1. The standard InChI is InChI=1S/C24H27FN4O3S/c1-2-20(30)15-6-7-17(19(25)12-15)21-13-18(23(26)31)24(33-21)28-22-5-3-4-16(27-22)14-29-8-10-32-11-9-29/h3-7,12-13,20,30H,2,8-11,14H2,1H3,(H2,26,31)(H,27,28). The Bertz CT molecular complexity index is 1130. The number of halogens is 1. The molecule has 1 unspecified atom stereocenters. The summed E-state index contributed by atoms with van der Waals surface area (Å²) in [5.74, 6) is -0.490. The molecule has 1 aliphatic rings. The highest BCUT2D eigenvalue weighted by Crippen LogP contribution is 2.38. The van der Waals surface area contributed by atoms with Gasteiger partial charge in [0.25, 0.3) is 5.91 Å². The minimum Gasteiger partial charge on any atom is -0.388 e. The monoisotopic (exact) mass is 470 g/mol. The van der Waals surface area contributed by atoms with Crippen LogP contribution in [0.25, 0.3) is 10.4 Å². The fraction of sp³-hybridized carbons (Fsp3) is 0.333. The molecule has 1 atom stereocenters. The van der Waals surface area contributed by atoms with Crippen molar-refractivity contribution in [3.05, 3.63) is 65.1 Å². The van der Waals surface area contributed by atoms with Crippen LogP contribution >= 0.6 is 11.3 Å². The van der Waals surface area contributed by atoms with E-state index in [-0.39, 0.29) is 5.56 Å². The molecule has 1 aromatic carbocycles. The number of aromatic nitrogens is 1. The van der Waals surface area contributed by atoms with Crippen LogP contribution in [-0.4, -0.2) is 47.2 Å². The van der Waals surface area contributed by atoms with E-state index in [4.69, 9.17) is 10.5 Å². The molecule has 33 heavy (non-hydrogen) atoms. The summed E-state index contributed by atoms with van der Waals surface area (Å²) in [4.78, 5) is 19.6. The van der Waals surface area contributed by atoms with Gasteiger partial charge in [-0.15, -0.1) is 11.3 Å². The molecule has 4 rings (SSSR count). The Labute approximate surface area is 196 Å². The molecule has 1 amide bonds. The topological polar surface area (TPSA) is 101 Å². The van der Waals surface area contributed by atoms with Crippen LogP contribution in [0, 0.1) is 5.82 Å². The van der Waals surface area contributed by atoms with Crippen molar-refractivity contribution in [3.63, 3.8) is 0 Å². The van der Waals surface area contributed by atoms with Crippen molar-refractivity contribution in [1.82, 2.24) is 9.88 Å². The highest BCUT2D eigenvalue weighted by Gasteiger charge is 2.19. The molecule has 7 nitrogen and oxygen atoms in total. The fourth-order valence-electron chi connectivity index (χ4n) is 3.72. The van der Waals surface area contributed by atoms with E-state index in [2.05, 4.69) is 15.2 Å².